The Morgan fingerprint density at radius 2 is 2.32 bits per heavy atom. The number of halogens is 3. The van der Waals surface area contributed by atoms with Gasteiger partial charge in [0, 0.05) is 19.7 Å². The van der Waals surface area contributed by atoms with Crippen LogP contribution in [0.15, 0.2) is 23.2 Å². The number of hydrogen-bond acceptors (Lipinski definition) is 3. The van der Waals surface area contributed by atoms with Gasteiger partial charge in [0.15, 0.2) is 4.74 Å². The van der Waals surface area contributed by atoms with Crippen molar-refractivity contribution in [3.8, 4) is 5.75 Å². The third kappa shape index (κ3) is 6.00. The highest BCUT2D eigenvalue weighted by Gasteiger charge is 2.06. The second-order valence-corrected chi connectivity index (χ2v) is 4.46. The van der Waals surface area contributed by atoms with E-state index < -0.39 is 5.82 Å². The van der Waals surface area contributed by atoms with Crippen molar-refractivity contribution >= 4 is 38.3 Å². The second kappa shape index (κ2) is 8.08. The Labute approximate surface area is 123 Å². The molecule has 0 bridgehead atoms. The lowest BCUT2D eigenvalue weighted by atomic mass is 10.3. The molecule has 0 heterocycles. The highest BCUT2D eigenvalue weighted by molar-refractivity contribution is 9.18. The molecule has 2 N–H and O–H groups in total. The Kier molecular flexibility index (Phi) is 6.75. The fourth-order valence-electron chi connectivity index (χ4n) is 1.10. The smallest absolute Gasteiger partial charge is 0.297 e. The van der Waals surface area contributed by atoms with Crippen LogP contribution in [0.25, 0.3) is 0 Å². The SMILES string of the molecule is COCCN/C(=N\C(=N)Br)Oc1ccc(F)c(Cl)c1. The van der Waals surface area contributed by atoms with Gasteiger partial charge in [-0.3, -0.25) is 5.41 Å². The van der Waals surface area contributed by atoms with Crippen molar-refractivity contribution < 1.29 is 13.9 Å². The van der Waals surface area contributed by atoms with Crippen LogP contribution in [0.5, 0.6) is 5.75 Å². The lowest BCUT2D eigenvalue weighted by Crippen LogP contribution is -2.32. The monoisotopic (exact) mass is 351 g/mol. The number of nitrogens with one attached hydrogen (secondary N) is 2. The number of aliphatic imine (C=N–C) groups is 1. The number of hydrogen-bond donors (Lipinski definition) is 2. The molecule has 0 aliphatic heterocycles. The Morgan fingerprint density at radius 1 is 1.58 bits per heavy atom. The molecule has 5 nitrogen and oxygen atoms in total. The van der Waals surface area contributed by atoms with Gasteiger partial charge in [-0.15, -0.1) is 0 Å². The van der Waals surface area contributed by atoms with Crippen molar-refractivity contribution in [3.05, 3.63) is 29.0 Å². The fourth-order valence-corrected chi connectivity index (χ4v) is 1.43. The Hall–Kier alpha value is -1.18. The van der Waals surface area contributed by atoms with E-state index in [1.165, 1.54) is 18.2 Å². The molecular formula is C11H12BrClFN3O2. The minimum absolute atomic E-state index is 0.0531. The summed E-state index contributed by atoms with van der Waals surface area (Å²) in [6.45, 7) is 0.896. The normalized spacial score (nSPS) is 11.3. The van der Waals surface area contributed by atoms with Crippen molar-refractivity contribution in [2.75, 3.05) is 20.3 Å². The zero-order chi connectivity index (χ0) is 14.3. The van der Waals surface area contributed by atoms with Crippen LogP contribution in [0.3, 0.4) is 0 Å². The average molecular weight is 353 g/mol. The van der Waals surface area contributed by atoms with E-state index in [9.17, 15) is 4.39 Å². The van der Waals surface area contributed by atoms with Crippen LogP contribution in [0, 0.1) is 11.2 Å². The lowest BCUT2D eigenvalue weighted by molar-refractivity contribution is 0.202. The molecule has 19 heavy (non-hydrogen) atoms. The summed E-state index contributed by atoms with van der Waals surface area (Å²) in [7, 11) is 1.56. The predicted molar refractivity (Wildman–Crippen MR) is 76.0 cm³/mol. The second-order valence-electron chi connectivity index (χ2n) is 3.31. The average Bonchev–Trinajstić information content (AvgIpc) is 2.33. The van der Waals surface area contributed by atoms with E-state index >= 15 is 0 Å². The molecule has 0 aromatic heterocycles. The van der Waals surface area contributed by atoms with Gasteiger partial charge < -0.3 is 14.8 Å². The minimum atomic E-state index is -0.534. The maximum atomic E-state index is 13.0. The van der Waals surface area contributed by atoms with E-state index in [0.29, 0.717) is 18.9 Å². The lowest BCUT2D eigenvalue weighted by Gasteiger charge is -2.10. The Balaban J connectivity index is 2.76. The molecule has 8 heteroatoms. The van der Waals surface area contributed by atoms with Crippen LogP contribution in [0.1, 0.15) is 0 Å². The van der Waals surface area contributed by atoms with Crippen LogP contribution in [0.2, 0.25) is 5.02 Å². The van der Waals surface area contributed by atoms with Crippen molar-refractivity contribution in [1.82, 2.24) is 5.32 Å². The van der Waals surface area contributed by atoms with Crippen LogP contribution < -0.4 is 10.1 Å². The molecule has 0 saturated heterocycles. The van der Waals surface area contributed by atoms with E-state index in [4.69, 9.17) is 26.5 Å². The molecule has 0 aliphatic rings. The first-order valence-electron chi connectivity index (χ1n) is 5.21. The van der Waals surface area contributed by atoms with Crippen molar-refractivity contribution in [1.29, 1.82) is 5.41 Å². The molecule has 1 aromatic rings. The van der Waals surface area contributed by atoms with Gasteiger partial charge in [0.1, 0.15) is 11.6 Å². The summed E-state index contributed by atoms with van der Waals surface area (Å²) >= 11 is 8.52. The molecule has 0 aliphatic carbocycles. The van der Waals surface area contributed by atoms with Crippen LogP contribution >= 0.6 is 27.5 Å². The number of benzene rings is 1. The van der Waals surface area contributed by atoms with Crippen LogP contribution in [-0.4, -0.2) is 31.0 Å². The van der Waals surface area contributed by atoms with E-state index in [2.05, 4.69) is 26.2 Å². The maximum absolute atomic E-state index is 13.0. The van der Waals surface area contributed by atoms with Gasteiger partial charge in [-0.25, -0.2) is 4.39 Å². The van der Waals surface area contributed by atoms with Gasteiger partial charge in [-0.05, 0) is 28.1 Å². The number of nitrogens with zero attached hydrogens (tertiary/aromatic N) is 1. The summed E-state index contributed by atoms with van der Waals surface area (Å²) in [5.74, 6) is -0.225. The van der Waals surface area contributed by atoms with Gasteiger partial charge in [-0.2, -0.15) is 4.99 Å². The Morgan fingerprint density at radius 3 is 2.89 bits per heavy atom. The first kappa shape index (κ1) is 15.9. The number of rotatable bonds is 4. The first-order chi connectivity index (χ1) is 9.02. The Bertz CT molecular complexity index is 485. The van der Waals surface area contributed by atoms with Crippen LogP contribution in [0.4, 0.5) is 4.39 Å². The van der Waals surface area contributed by atoms with Gasteiger partial charge in [-0.1, -0.05) is 11.6 Å². The van der Waals surface area contributed by atoms with Gasteiger partial charge in [0.05, 0.1) is 11.6 Å². The first-order valence-corrected chi connectivity index (χ1v) is 6.38. The number of ether oxygens (including phenoxy) is 2. The van der Waals surface area contributed by atoms with Crippen molar-refractivity contribution in [2.45, 2.75) is 0 Å². The highest BCUT2D eigenvalue weighted by atomic mass is 79.9. The summed E-state index contributed by atoms with van der Waals surface area (Å²) < 4.78 is 23.1. The van der Waals surface area contributed by atoms with Gasteiger partial charge in [0.2, 0.25) is 0 Å². The quantitative estimate of drug-likeness (QED) is 0.379. The van der Waals surface area contributed by atoms with E-state index in [-0.39, 0.29) is 15.8 Å². The summed E-state index contributed by atoms with van der Waals surface area (Å²) in [5.41, 5.74) is 0. The van der Waals surface area contributed by atoms with E-state index in [1.54, 1.807) is 7.11 Å². The van der Waals surface area contributed by atoms with Gasteiger partial charge in [0.25, 0.3) is 6.02 Å². The summed E-state index contributed by atoms with van der Waals surface area (Å²) in [5, 5.41) is 10.0. The topological polar surface area (TPSA) is 66.7 Å². The molecular weight excluding hydrogens is 340 g/mol. The molecule has 0 spiro atoms. The summed E-state index contributed by atoms with van der Waals surface area (Å²) in [6, 6.07) is 4.00. The number of amidine groups is 2. The van der Waals surface area contributed by atoms with E-state index in [0.717, 1.165) is 0 Å². The maximum Gasteiger partial charge on any atom is 0.297 e. The zero-order valence-corrected chi connectivity index (χ0v) is 12.4. The molecule has 0 fully saturated rings. The van der Waals surface area contributed by atoms with E-state index in [1.807, 2.05) is 0 Å². The standard InChI is InChI=1S/C11H12BrClFN3O2/c1-18-5-4-16-11(17-10(12)15)19-7-2-3-9(14)8(13)6-7/h2-3,6H,4-5H2,1H3,(H2,15,16,17). The molecule has 0 atom stereocenters. The third-order valence-electron chi connectivity index (χ3n) is 1.89. The minimum Gasteiger partial charge on any atom is -0.426 e. The van der Waals surface area contributed by atoms with Gasteiger partial charge >= 0.3 is 0 Å². The fraction of sp³-hybridized carbons (Fsp3) is 0.273. The molecule has 0 saturated carbocycles. The molecule has 0 unspecified atom stereocenters. The molecule has 0 amide bonds. The molecule has 104 valence electrons. The largest absolute Gasteiger partial charge is 0.426 e. The molecule has 1 rings (SSSR count). The molecule has 0 radical (unpaired) electrons. The van der Waals surface area contributed by atoms with Crippen LogP contribution in [-0.2, 0) is 4.74 Å². The van der Waals surface area contributed by atoms with Crippen molar-refractivity contribution in [2.24, 2.45) is 4.99 Å². The predicted octanol–water partition coefficient (Wildman–Crippen LogP) is 2.78. The molecule has 1 aromatic carbocycles. The number of methoxy groups -OCH3 is 1. The summed E-state index contributed by atoms with van der Waals surface area (Å²) in [6.07, 6.45) is 0. The van der Waals surface area contributed by atoms with Crippen molar-refractivity contribution in [3.63, 3.8) is 0 Å². The summed E-state index contributed by atoms with van der Waals surface area (Å²) in [4.78, 5) is 3.79. The third-order valence-corrected chi connectivity index (χ3v) is 2.35. The zero-order valence-electron chi connectivity index (χ0n) is 10.0. The highest BCUT2D eigenvalue weighted by Crippen LogP contribution is 2.21.